The Labute approximate surface area is 226 Å². The van der Waals surface area contributed by atoms with E-state index in [1.807, 2.05) is 0 Å². The van der Waals surface area contributed by atoms with Crippen molar-refractivity contribution in [1.82, 2.24) is 25.4 Å². The number of fused-ring (bicyclic) bond motifs is 1. The van der Waals surface area contributed by atoms with Crippen molar-refractivity contribution in [1.29, 1.82) is 0 Å². The fourth-order valence-corrected chi connectivity index (χ4v) is 4.42. The molecule has 5 amide bonds. The van der Waals surface area contributed by atoms with Crippen LogP contribution in [0.15, 0.2) is 30.5 Å². The van der Waals surface area contributed by atoms with Crippen LogP contribution < -0.4 is 15.3 Å². The largest absolute Gasteiger partial charge is 0.535 e. The molecule has 0 saturated carbocycles. The second-order valence-corrected chi connectivity index (χ2v) is 9.10. The predicted octanol–water partition coefficient (Wildman–Crippen LogP) is -0.332. The van der Waals surface area contributed by atoms with Crippen molar-refractivity contribution in [2.45, 2.75) is 25.2 Å². The van der Waals surface area contributed by atoms with Crippen LogP contribution in [0.1, 0.15) is 34.6 Å². The second-order valence-electron chi connectivity index (χ2n) is 9.10. The van der Waals surface area contributed by atoms with Crippen LogP contribution in [-0.2, 0) is 20.8 Å². The summed E-state index contributed by atoms with van der Waals surface area (Å²) < 4.78 is 19.3. The molecule has 40 heavy (non-hydrogen) atoms. The number of amides is 5. The van der Waals surface area contributed by atoms with Gasteiger partial charge in [-0.3, -0.25) is 24.3 Å². The molecular weight excluding hydrogens is 532 g/mol. The summed E-state index contributed by atoms with van der Waals surface area (Å²) in [6.45, 7) is 1.80. The van der Waals surface area contributed by atoms with E-state index in [0.717, 1.165) is 12.3 Å². The summed E-state index contributed by atoms with van der Waals surface area (Å²) in [7, 11) is -1.59. The minimum absolute atomic E-state index is 0.00184. The van der Waals surface area contributed by atoms with Crippen LogP contribution in [0.3, 0.4) is 0 Å². The Morgan fingerprint density at radius 1 is 1.20 bits per heavy atom. The average Bonchev–Trinajstić information content (AvgIpc) is 2.92. The van der Waals surface area contributed by atoms with Gasteiger partial charge >= 0.3 is 30.9 Å². The molecule has 1 fully saturated rings. The standard InChI is InChI=1S/C24H25BFN5O9/c1-2-30-7-8-31(22(35)21(30)34)24(38)29-18(16-6-4-14(32)11-27-16)20(33)28-10-13-9-12-3-5-15(26)17(23(36)37)19(12)40-25(13)39/h3-6,11,13,18,32,39H,2,7-10H2,1H3,(H,28,33)(H,29,38)(H,36,37)/t13-,18?/m1/s1. The van der Waals surface area contributed by atoms with Crippen molar-refractivity contribution in [3.05, 3.63) is 53.1 Å². The predicted molar refractivity (Wildman–Crippen MR) is 134 cm³/mol. The van der Waals surface area contributed by atoms with E-state index in [0.29, 0.717) is 10.5 Å². The van der Waals surface area contributed by atoms with Gasteiger partial charge in [0.1, 0.15) is 22.9 Å². The van der Waals surface area contributed by atoms with Crippen LogP contribution in [0, 0.1) is 5.82 Å². The van der Waals surface area contributed by atoms with E-state index in [-0.39, 0.29) is 49.8 Å². The van der Waals surface area contributed by atoms with Gasteiger partial charge in [-0.1, -0.05) is 6.07 Å². The molecule has 2 aliphatic rings. The van der Waals surface area contributed by atoms with E-state index < -0.39 is 60.1 Å². The van der Waals surface area contributed by atoms with Gasteiger partial charge < -0.3 is 35.4 Å². The molecule has 2 atom stereocenters. The molecule has 4 rings (SSSR count). The number of benzene rings is 1. The smallest absolute Gasteiger partial charge is 0.528 e. The van der Waals surface area contributed by atoms with Gasteiger partial charge in [-0.05, 0) is 37.1 Å². The summed E-state index contributed by atoms with van der Waals surface area (Å²) in [5, 5.41) is 34.3. The normalized spacial score (nSPS) is 17.6. The van der Waals surface area contributed by atoms with Gasteiger partial charge in [0, 0.05) is 32.0 Å². The number of hydrogen-bond donors (Lipinski definition) is 5. The molecule has 14 nitrogen and oxygen atoms in total. The fraction of sp³-hybridized carbons (Fsp3) is 0.333. The number of aromatic hydroxyl groups is 1. The number of imide groups is 1. The molecule has 0 aliphatic carbocycles. The molecule has 2 aliphatic heterocycles. The monoisotopic (exact) mass is 557 g/mol. The summed E-state index contributed by atoms with van der Waals surface area (Å²) in [6, 6.07) is 2.31. The Hall–Kier alpha value is -4.73. The number of piperazine rings is 1. The zero-order valence-electron chi connectivity index (χ0n) is 21.2. The number of carbonyl (C=O) groups excluding carboxylic acids is 4. The quantitative estimate of drug-likeness (QED) is 0.222. The lowest BCUT2D eigenvalue weighted by Gasteiger charge is -2.32. The van der Waals surface area contributed by atoms with E-state index in [4.69, 9.17) is 4.65 Å². The summed E-state index contributed by atoms with van der Waals surface area (Å²) in [5.41, 5.74) is -0.405. The number of halogens is 1. The number of aromatic nitrogens is 1. The number of carboxylic acids is 1. The van der Waals surface area contributed by atoms with Gasteiger partial charge in [-0.15, -0.1) is 0 Å². The molecule has 3 heterocycles. The van der Waals surface area contributed by atoms with Crippen molar-refractivity contribution >= 4 is 36.8 Å². The van der Waals surface area contributed by atoms with Crippen molar-refractivity contribution in [2.24, 2.45) is 0 Å². The summed E-state index contributed by atoms with van der Waals surface area (Å²) >= 11 is 0. The number of hydrogen-bond acceptors (Lipinski definition) is 9. The number of carboxylic acid groups (broad SMARTS) is 1. The highest BCUT2D eigenvalue weighted by molar-refractivity contribution is 6.46. The second kappa shape index (κ2) is 11.6. The lowest BCUT2D eigenvalue weighted by Crippen LogP contribution is -2.59. The Bertz CT molecular complexity index is 1360. The maximum atomic E-state index is 14.0. The number of nitrogens with zero attached hydrogens (tertiary/aromatic N) is 3. The lowest BCUT2D eigenvalue weighted by molar-refractivity contribution is -0.153. The third kappa shape index (κ3) is 5.66. The molecule has 1 aromatic heterocycles. The lowest BCUT2D eigenvalue weighted by atomic mass is 9.66. The number of rotatable bonds is 7. The van der Waals surface area contributed by atoms with Gasteiger partial charge in [0.25, 0.3) is 0 Å². The summed E-state index contributed by atoms with van der Waals surface area (Å²) in [6.07, 6.45) is 1.08. The van der Waals surface area contributed by atoms with Crippen molar-refractivity contribution in [3.63, 3.8) is 0 Å². The third-order valence-electron chi connectivity index (χ3n) is 6.60. The highest BCUT2D eigenvalue weighted by Gasteiger charge is 2.40. The number of carbonyl (C=O) groups is 5. The molecule has 0 bridgehead atoms. The molecule has 2 aromatic rings. The van der Waals surface area contributed by atoms with Crippen LogP contribution in [0.5, 0.6) is 11.5 Å². The Morgan fingerprint density at radius 2 is 1.95 bits per heavy atom. The molecule has 5 N–H and O–H groups in total. The van der Waals surface area contributed by atoms with E-state index in [1.165, 1.54) is 23.1 Å². The first-order valence-corrected chi connectivity index (χ1v) is 12.2. The topological polar surface area (TPSA) is 199 Å². The van der Waals surface area contributed by atoms with Gasteiger partial charge in [-0.25, -0.2) is 14.0 Å². The first kappa shape index (κ1) is 28.3. The SMILES string of the molecule is CCN1CCN(C(=O)NC(C(=O)NC[C@H]2Cc3ccc(F)c(C(=O)O)c3OB2O)c2ccc(O)cn2)C(=O)C1=O. The van der Waals surface area contributed by atoms with Gasteiger partial charge in [0.15, 0.2) is 6.04 Å². The first-order chi connectivity index (χ1) is 19.0. The minimum Gasteiger partial charge on any atom is -0.535 e. The molecule has 1 unspecified atom stereocenters. The highest BCUT2D eigenvalue weighted by Crippen LogP contribution is 2.35. The van der Waals surface area contributed by atoms with Crippen LogP contribution in [-0.4, -0.2) is 93.0 Å². The minimum atomic E-state index is -1.59. The zero-order valence-corrected chi connectivity index (χ0v) is 21.2. The molecule has 0 radical (unpaired) electrons. The molecule has 210 valence electrons. The fourth-order valence-electron chi connectivity index (χ4n) is 4.42. The van der Waals surface area contributed by atoms with E-state index in [1.54, 1.807) is 6.92 Å². The average molecular weight is 557 g/mol. The number of nitrogens with one attached hydrogen (secondary N) is 2. The zero-order chi connectivity index (χ0) is 29.1. The van der Waals surface area contributed by atoms with Crippen LogP contribution in [0.2, 0.25) is 5.82 Å². The number of pyridine rings is 1. The molecule has 1 aromatic carbocycles. The van der Waals surface area contributed by atoms with E-state index in [2.05, 4.69) is 15.6 Å². The van der Waals surface area contributed by atoms with E-state index in [9.17, 15) is 43.6 Å². The third-order valence-corrected chi connectivity index (χ3v) is 6.60. The number of aromatic carboxylic acids is 1. The highest BCUT2D eigenvalue weighted by atomic mass is 19.1. The van der Waals surface area contributed by atoms with E-state index >= 15 is 0 Å². The molecular formula is C24H25BFN5O9. The summed E-state index contributed by atoms with van der Waals surface area (Å²) in [4.78, 5) is 68.2. The maximum absolute atomic E-state index is 14.0. The molecule has 1 saturated heterocycles. The van der Waals surface area contributed by atoms with Crippen LogP contribution in [0.25, 0.3) is 0 Å². The van der Waals surface area contributed by atoms with Crippen LogP contribution in [0.4, 0.5) is 9.18 Å². The number of urea groups is 1. The van der Waals surface area contributed by atoms with Crippen molar-refractivity contribution in [3.8, 4) is 11.5 Å². The van der Waals surface area contributed by atoms with Gasteiger partial charge in [0.2, 0.25) is 5.91 Å². The number of likely N-dealkylation sites (N-methyl/N-ethyl adjacent to an activating group) is 1. The van der Waals surface area contributed by atoms with Gasteiger partial charge in [-0.2, -0.15) is 0 Å². The van der Waals surface area contributed by atoms with Crippen molar-refractivity contribution < 1.29 is 48.3 Å². The van der Waals surface area contributed by atoms with Gasteiger partial charge in [0.05, 0.1) is 11.9 Å². The Kier molecular flexibility index (Phi) is 8.18. The van der Waals surface area contributed by atoms with Crippen LogP contribution >= 0.6 is 0 Å². The first-order valence-electron chi connectivity index (χ1n) is 12.2. The Balaban J connectivity index is 1.49. The molecule has 0 spiro atoms. The van der Waals surface area contributed by atoms with Crippen molar-refractivity contribution in [2.75, 3.05) is 26.2 Å². The summed E-state index contributed by atoms with van der Waals surface area (Å²) in [5.74, 6) is -6.60. The maximum Gasteiger partial charge on any atom is 0.528 e. The Morgan fingerprint density at radius 3 is 2.60 bits per heavy atom. The molecule has 16 heteroatoms.